The lowest BCUT2D eigenvalue weighted by Crippen LogP contribution is -2.41. The highest BCUT2D eigenvalue weighted by Crippen LogP contribution is 2.23. The Labute approximate surface area is 130 Å². The van der Waals surface area contributed by atoms with Crippen LogP contribution in [0.5, 0.6) is 0 Å². The predicted octanol–water partition coefficient (Wildman–Crippen LogP) is 1.79. The molecule has 0 aliphatic rings. The number of urea groups is 1. The van der Waals surface area contributed by atoms with Gasteiger partial charge in [0.05, 0.1) is 17.8 Å². The highest BCUT2D eigenvalue weighted by atomic mass is 79.9. The van der Waals surface area contributed by atoms with Crippen molar-refractivity contribution in [1.29, 1.82) is 0 Å². The molecule has 1 aromatic rings. The molecule has 4 N–H and O–H groups in total. The van der Waals surface area contributed by atoms with Gasteiger partial charge in [-0.1, -0.05) is 0 Å². The number of benzene rings is 1. The molecule has 7 nitrogen and oxygen atoms in total. The molecule has 21 heavy (non-hydrogen) atoms. The Balaban J connectivity index is 2.55. The lowest BCUT2D eigenvalue weighted by atomic mass is 10.2. The van der Waals surface area contributed by atoms with Gasteiger partial charge in [0.1, 0.15) is 0 Å². The standard InChI is InChI=1S/C13H16BrN3O4/c1-7(2)16-11(18)6-15-13(21)17-10-4-3-8(12(19)20)5-9(10)14/h3-5,7H,6H2,1-2H3,(H,16,18)(H,19,20)(H2,15,17,21). The quantitative estimate of drug-likeness (QED) is 0.644. The zero-order valence-electron chi connectivity index (χ0n) is 11.6. The number of nitrogens with one attached hydrogen (secondary N) is 3. The summed E-state index contributed by atoms with van der Waals surface area (Å²) in [4.78, 5) is 33.8. The highest BCUT2D eigenvalue weighted by molar-refractivity contribution is 9.10. The molecular weight excluding hydrogens is 342 g/mol. The summed E-state index contributed by atoms with van der Waals surface area (Å²) in [6, 6.07) is 3.65. The van der Waals surface area contributed by atoms with Crippen molar-refractivity contribution in [3.8, 4) is 0 Å². The van der Waals surface area contributed by atoms with E-state index >= 15 is 0 Å². The molecule has 8 heteroatoms. The fourth-order valence-electron chi connectivity index (χ4n) is 1.45. The van der Waals surface area contributed by atoms with Crippen molar-refractivity contribution in [2.75, 3.05) is 11.9 Å². The Morgan fingerprint density at radius 1 is 1.29 bits per heavy atom. The second-order valence-corrected chi connectivity index (χ2v) is 5.38. The molecule has 0 aromatic heterocycles. The van der Waals surface area contributed by atoms with E-state index in [2.05, 4.69) is 31.9 Å². The number of hydrogen-bond donors (Lipinski definition) is 4. The molecule has 3 amide bonds. The van der Waals surface area contributed by atoms with E-state index in [0.29, 0.717) is 10.2 Å². The van der Waals surface area contributed by atoms with Crippen LogP contribution >= 0.6 is 15.9 Å². The van der Waals surface area contributed by atoms with Crippen LogP contribution < -0.4 is 16.0 Å². The van der Waals surface area contributed by atoms with E-state index in [1.54, 1.807) is 0 Å². The van der Waals surface area contributed by atoms with Crippen molar-refractivity contribution in [3.05, 3.63) is 28.2 Å². The second kappa shape index (κ2) is 7.63. The summed E-state index contributed by atoms with van der Waals surface area (Å²) in [5.41, 5.74) is 0.505. The first-order valence-corrected chi connectivity index (χ1v) is 6.96. The van der Waals surface area contributed by atoms with Gasteiger partial charge in [0.2, 0.25) is 5.91 Å². The summed E-state index contributed by atoms with van der Waals surface area (Å²) in [5, 5.41) is 16.4. The minimum Gasteiger partial charge on any atom is -0.478 e. The summed E-state index contributed by atoms with van der Waals surface area (Å²) in [5.74, 6) is -1.35. The molecule has 0 atom stereocenters. The summed E-state index contributed by atoms with van der Waals surface area (Å²) < 4.78 is 0.434. The molecule has 0 radical (unpaired) electrons. The number of carbonyl (C=O) groups excluding carboxylic acids is 2. The first-order valence-electron chi connectivity index (χ1n) is 6.16. The van der Waals surface area contributed by atoms with E-state index in [9.17, 15) is 14.4 Å². The maximum absolute atomic E-state index is 11.6. The summed E-state index contributed by atoms with van der Waals surface area (Å²) >= 11 is 3.17. The van der Waals surface area contributed by atoms with Crippen LogP contribution in [0.4, 0.5) is 10.5 Å². The van der Waals surface area contributed by atoms with Crippen LogP contribution in [-0.2, 0) is 4.79 Å². The maximum atomic E-state index is 11.6. The van der Waals surface area contributed by atoms with E-state index < -0.39 is 12.0 Å². The van der Waals surface area contributed by atoms with E-state index in [1.165, 1.54) is 18.2 Å². The lowest BCUT2D eigenvalue weighted by Gasteiger charge is -2.11. The molecule has 0 bridgehead atoms. The summed E-state index contributed by atoms with van der Waals surface area (Å²) in [6.07, 6.45) is 0. The van der Waals surface area contributed by atoms with Crippen molar-refractivity contribution in [2.24, 2.45) is 0 Å². The van der Waals surface area contributed by atoms with Gasteiger partial charge in [0.15, 0.2) is 0 Å². The summed E-state index contributed by atoms with van der Waals surface area (Å²) in [7, 11) is 0. The minimum atomic E-state index is -1.06. The highest BCUT2D eigenvalue weighted by Gasteiger charge is 2.10. The van der Waals surface area contributed by atoms with Gasteiger partial charge < -0.3 is 21.1 Å². The van der Waals surface area contributed by atoms with Gasteiger partial charge in [-0.3, -0.25) is 4.79 Å². The first-order chi connectivity index (χ1) is 9.79. The smallest absolute Gasteiger partial charge is 0.335 e. The average Bonchev–Trinajstić information content (AvgIpc) is 2.37. The van der Waals surface area contributed by atoms with E-state index in [0.717, 1.165) is 0 Å². The number of carbonyl (C=O) groups is 3. The Kier molecular flexibility index (Phi) is 6.16. The molecule has 0 saturated carbocycles. The number of halogens is 1. The monoisotopic (exact) mass is 357 g/mol. The van der Waals surface area contributed by atoms with Crippen LogP contribution in [-0.4, -0.2) is 35.6 Å². The third-order valence-electron chi connectivity index (χ3n) is 2.32. The molecule has 0 saturated heterocycles. The molecule has 0 fully saturated rings. The van der Waals surface area contributed by atoms with Crippen LogP contribution in [0.25, 0.3) is 0 Å². The number of anilines is 1. The molecule has 1 rings (SSSR count). The molecule has 0 spiro atoms. The fourth-order valence-corrected chi connectivity index (χ4v) is 1.93. The van der Waals surface area contributed by atoms with Gasteiger partial charge >= 0.3 is 12.0 Å². The van der Waals surface area contributed by atoms with Crippen molar-refractivity contribution in [3.63, 3.8) is 0 Å². The molecule has 0 heterocycles. The van der Waals surface area contributed by atoms with Crippen LogP contribution in [0.3, 0.4) is 0 Å². The van der Waals surface area contributed by atoms with Crippen molar-refractivity contribution in [2.45, 2.75) is 19.9 Å². The first kappa shape index (κ1) is 17.0. The maximum Gasteiger partial charge on any atom is 0.335 e. The normalized spacial score (nSPS) is 10.1. The molecule has 0 aliphatic carbocycles. The SMILES string of the molecule is CC(C)NC(=O)CNC(=O)Nc1ccc(C(=O)O)cc1Br. The molecule has 0 aliphatic heterocycles. The van der Waals surface area contributed by atoms with Gasteiger partial charge in [-0.25, -0.2) is 9.59 Å². The summed E-state index contributed by atoms with van der Waals surface area (Å²) in [6.45, 7) is 3.49. The van der Waals surface area contributed by atoms with Crippen LogP contribution in [0.2, 0.25) is 0 Å². The Morgan fingerprint density at radius 2 is 1.95 bits per heavy atom. The zero-order chi connectivity index (χ0) is 16.0. The largest absolute Gasteiger partial charge is 0.478 e. The Hall–Kier alpha value is -2.09. The zero-order valence-corrected chi connectivity index (χ0v) is 13.2. The van der Waals surface area contributed by atoms with Crippen molar-refractivity contribution >= 4 is 39.5 Å². The Bertz CT molecular complexity index is 560. The second-order valence-electron chi connectivity index (χ2n) is 4.53. The van der Waals surface area contributed by atoms with Crippen molar-refractivity contribution in [1.82, 2.24) is 10.6 Å². The number of amides is 3. The third-order valence-corrected chi connectivity index (χ3v) is 2.98. The van der Waals surface area contributed by atoms with Gasteiger partial charge in [0.25, 0.3) is 0 Å². The van der Waals surface area contributed by atoms with E-state index in [4.69, 9.17) is 5.11 Å². The van der Waals surface area contributed by atoms with E-state index in [-0.39, 0.29) is 24.1 Å². The lowest BCUT2D eigenvalue weighted by molar-refractivity contribution is -0.120. The van der Waals surface area contributed by atoms with Gasteiger partial charge in [-0.05, 0) is 48.0 Å². The number of aromatic carboxylic acids is 1. The van der Waals surface area contributed by atoms with Crippen LogP contribution in [0.15, 0.2) is 22.7 Å². The van der Waals surface area contributed by atoms with Gasteiger partial charge in [-0.15, -0.1) is 0 Å². The number of hydrogen-bond acceptors (Lipinski definition) is 3. The fraction of sp³-hybridized carbons (Fsp3) is 0.308. The average molecular weight is 358 g/mol. The number of carboxylic acid groups (broad SMARTS) is 1. The Morgan fingerprint density at radius 3 is 2.48 bits per heavy atom. The number of carboxylic acids is 1. The molecule has 1 aromatic carbocycles. The topological polar surface area (TPSA) is 108 Å². The van der Waals surface area contributed by atoms with Crippen molar-refractivity contribution < 1.29 is 19.5 Å². The minimum absolute atomic E-state index is 0.0000636. The van der Waals surface area contributed by atoms with Crippen LogP contribution in [0, 0.1) is 0 Å². The number of rotatable bonds is 5. The molecule has 114 valence electrons. The predicted molar refractivity (Wildman–Crippen MR) is 81.4 cm³/mol. The molecular formula is C13H16BrN3O4. The van der Waals surface area contributed by atoms with E-state index in [1.807, 2.05) is 13.8 Å². The van der Waals surface area contributed by atoms with Crippen LogP contribution in [0.1, 0.15) is 24.2 Å². The van der Waals surface area contributed by atoms with Gasteiger partial charge in [0, 0.05) is 10.5 Å². The van der Waals surface area contributed by atoms with Gasteiger partial charge in [-0.2, -0.15) is 0 Å². The molecule has 0 unspecified atom stereocenters. The third kappa shape index (κ3) is 5.82.